The fraction of sp³-hybridized carbons (Fsp3) is 0.966. The predicted octanol–water partition coefficient (Wildman–Crippen LogP) is 9.37. The lowest BCUT2D eigenvalue weighted by Gasteiger charge is -2.25. The van der Waals surface area contributed by atoms with Crippen LogP contribution in [0.25, 0.3) is 0 Å². The molecule has 0 saturated heterocycles. The van der Waals surface area contributed by atoms with Crippen molar-refractivity contribution in [3.05, 3.63) is 0 Å². The van der Waals surface area contributed by atoms with Crippen molar-refractivity contribution in [2.24, 2.45) is 0 Å². The van der Waals surface area contributed by atoms with Crippen molar-refractivity contribution in [2.75, 3.05) is 19.5 Å². The third kappa shape index (κ3) is 18.7. The zero-order valence-electron chi connectivity index (χ0n) is 24.7. The molecule has 0 heterocycles. The summed E-state index contributed by atoms with van der Waals surface area (Å²) in [4.78, 5) is 23.4. The number of esters is 1. The molecule has 0 radical (unpaired) electrons. The van der Waals surface area contributed by atoms with Gasteiger partial charge in [0, 0.05) is 5.25 Å². The number of unbranched alkanes of at least 4 members (excludes halogenated alkanes) is 14. The number of ether oxygens (including phenoxy) is 2. The van der Waals surface area contributed by atoms with E-state index in [2.05, 4.69) is 13.8 Å². The monoisotopic (exact) mass is 565 g/mol. The molecule has 37 heavy (non-hydrogen) atoms. The van der Waals surface area contributed by atoms with Gasteiger partial charge in [-0.25, -0.2) is 9.68 Å². The molecule has 4 atom stereocenters. The molecule has 220 valence electrons. The predicted molar refractivity (Wildman–Crippen MR) is 158 cm³/mol. The maximum Gasteiger partial charge on any atom is 0.497 e. The fourth-order valence-corrected chi connectivity index (χ4v) is 5.95. The third-order valence-corrected chi connectivity index (χ3v) is 8.88. The third-order valence-electron chi connectivity index (χ3n) is 6.61. The van der Waals surface area contributed by atoms with Gasteiger partial charge in [-0.15, -0.1) is 4.89 Å². The summed E-state index contributed by atoms with van der Waals surface area (Å²) in [6.45, 7) is 8.58. The van der Waals surface area contributed by atoms with E-state index in [1.807, 2.05) is 25.6 Å². The lowest BCUT2D eigenvalue weighted by atomic mass is 10.1. The summed E-state index contributed by atoms with van der Waals surface area (Å²) in [5.41, 5.74) is -2.02. The Kier molecular flexibility index (Phi) is 25.9. The second-order valence-electron chi connectivity index (χ2n) is 10.1. The van der Waals surface area contributed by atoms with Gasteiger partial charge in [-0.1, -0.05) is 122 Å². The maximum absolute atomic E-state index is 12.3. The van der Waals surface area contributed by atoms with Gasteiger partial charge in [0.15, 0.2) is 0 Å². The number of rotatable bonds is 28. The van der Waals surface area contributed by atoms with Crippen LogP contribution >= 0.6 is 20.2 Å². The molecule has 0 aliphatic rings. The van der Waals surface area contributed by atoms with E-state index in [1.165, 1.54) is 103 Å². The Balaban J connectivity index is 4.64. The fourth-order valence-electron chi connectivity index (χ4n) is 4.19. The Morgan fingerprint density at radius 2 is 1.30 bits per heavy atom. The van der Waals surface area contributed by atoms with Crippen molar-refractivity contribution >= 4 is 26.2 Å². The first-order chi connectivity index (χ1) is 18.0. The minimum absolute atomic E-state index is 0.219. The van der Waals surface area contributed by atoms with Gasteiger partial charge in [0.1, 0.15) is 6.10 Å². The molecule has 0 bridgehead atoms. The standard InChI is InChI=1S/C29H57O6PS/c1-6-9-11-13-15-16-17-18-20-22-25-37-27(23-21-19-14-12-10-7-2)26(4)34-35-29(36-31,28(30)32-5)33-24-8-3/h26-27H,6-25H2,1-5H3/p+1. The summed E-state index contributed by atoms with van der Waals surface area (Å²) in [5, 5.41) is 0.237. The summed E-state index contributed by atoms with van der Waals surface area (Å²) in [6, 6.07) is 0. The van der Waals surface area contributed by atoms with Crippen LogP contribution < -0.4 is 0 Å². The van der Waals surface area contributed by atoms with Crippen LogP contribution in [0.3, 0.4) is 0 Å². The van der Waals surface area contributed by atoms with E-state index in [-0.39, 0.29) is 18.0 Å². The molecule has 6 nitrogen and oxygen atoms in total. The zero-order valence-corrected chi connectivity index (χ0v) is 26.5. The van der Waals surface area contributed by atoms with Crippen LogP contribution in [0.15, 0.2) is 0 Å². The Bertz CT molecular complexity index is 539. The quantitative estimate of drug-likeness (QED) is 0.0234. The van der Waals surface area contributed by atoms with Crippen LogP contribution in [0.5, 0.6) is 0 Å². The first-order valence-electron chi connectivity index (χ1n) is 15.1. The zero-order chi connectivity index (χ0) is 27.6. The minimum atomic E-state index is -2.02. The van der Waals surface area contributed by atoms with Crippen LogP contribution in [-0.2, 0) is 28.6 Å². The molecule has 0 aromatic rings. The number of thioether (sulfide) groups is 1. The van der Waals surface area contributed by atoms with Crippen molar-refractivity contribution in [2.45, 2.75) is 160 Å². The van der Waals surface area contributed by atoms with Crippen LogP contribution in [0.1, 0.15) is 143 Å². The van der Waals surface area contributed by atoms with E-state index in [1.54, 1.807) is 0 Å². The van der Waals surface area contributed by atoms with E-state index >= 15 is 0 Å². The average Bonchev–Trinajstić information content (AvgIpc) is 2.92. The number of carbonyl (C=O) groups is 1. The summed E-state index contributed by atoms with van der Waals surface area (Å²) in [6.07, 6.45) is 22.2. The highest BCUT2D eigenvalue weighted by atomic mass is 32.2. The topological polar surface area (TPSA) is 71.1 Å². The maximum atomic E-state index is 12.3. The van der Waals surface area contributed by atoms with Crippen LogP contribution in [0, 0.1) is 0 Å². The van der Waals surface area contributed by atoms with Gasteiger partial charge in [0.05, 0.1) is 13.7 Å². The van der Waals surface area contributed by atoms with Gasteiger partial charge in [-0.2, -0.15) is 11.8 Å². The average molecular weight is 566 g/mol. The summed E-state index contributed by atoms with van der Waals surface area (Å²) >= 11 is 1.93. The smallest absolute Gasteiger partial charge is 0.461 e. The minimum Gasteiger partial charge on any atom is -0.461 e. The van der Waals surface area contributed by atoms with Crippen molar-refractivity contribution < 1.29 is 28.6 Å². The van der Waals surface area contributed by atoms with Gasteiger partial charge in [0.25, 0.3) is 0 Å². The molecule has 0 aromatic heterocycles. The van der Waals surface area contributed by atoms with Gasteiger partial charge < -0.3 is 4.74 Å². The van der Waals surface area contributed by atoms with Crippen molar-refractivity contribution in [3.8, 4) is 0 Å². The number of methoxy groups -OCH3 is 1. The van der Waals surface area contributed by atoms with Crippen LogP contribution in [0.2, 0.25) is 0 Å². The highest BCUT2D eigenvalue weighted by Crippen LogP contribution is 2.32. The molecule has 0 spiro atoms. The molecular formula is C29H58O6PS+. The highest BCUT2D eigenvalue weighted by molar-refractivity contribution is 7.99. The lowest BCUT2D eigenvalue weighted by Crippen LogP contribution is -2.42. The van der Waals surface area contributed by atoms with Gasteiger partial charge in [0.2, 0.25) is 0 Å². The van der Waals surface area contributed by atoms with Crippen molar-refractivity contribution in [1.29, 1.82) is 0 Å². The normalized spacial score (nSPS) is 14.9. The Morgan fingerprint density at radius 3 is 1.78 bits per heavy atom. The molecule has 0 saturated carbocycles. The first kappa shape index (κ1) is 36.8. The molecule has 0 amide bonds. The summed E-state index contributed by atoms with van der Waals surface area (Å²) in [7, 11) is 0.0339. The lowest BCUT2D eigenvalue weighted by molar-refractivity contribution is -0.402. The Morgan fingerprint density at radius 1 is 0.784 bits per heavy atom. The SMILES string of the molecule is CCCCCCCCCCCCSC(CCCCCCCC)C(C)OOC(OCCC)([PH+]=O)C(=O)OC. The molecule has 4 unspecified atom stereocenters. The van der Waals surface area contributed by atoms with E-state index in [9.17, 15) is 9.36 Å². The Hall–Kier alpha value is -0.200. The number of hydrogen-bond acceptors (Lipinski definition) is 7. The van der Waals surface area contributed by atoms with E-state index in [0.717, 1.165) is 18.6 Å². The first-order valence-corrected chi connectivity index (χ1v) is 17.0. The molecule has 0 aromatic carbocycles. The van der Waals surface area contributed by atoms with Gasteiger partial charge >= 0.3 is 20.0 Å². The Labute approximate surface area is 234 Å². The summed E-state index contributed by atoms with van der Waals surface area (Å²) < 4.78 is 22.2. The van der Waals surface area contributed by atoms with E-state index in [4.69, 9.17) is 19.2 Å². The second-order valence-corrected chi connectivity index (χ2v) is 12.3. The molecule has 0 fully saturated rings. The second kappa shape index (κ2) is 26.0. The number of carbonyl (C=O) groups excluding carboxylic acids is 1. The van der Waals surface area contributed by atoms with Crippen molar-refractivity contribution in [1.82, 2.24) is 0 Å². The molecular weight excluding hydrogens is 507 g/mol. The van der Waals surface area contributed by atoms with Gasteiger partial charge in [-0.3, -0.25) is 4.74 Å². The van der Waals surface area contributed by atoms with E-state index in [0.29, 0.717) is 6.42 Å². The van der Waals surface area contributed by atoms with Crippen LogP contribution in [0.4, 0.5) is 0 Å². The molecule has 0 rings (SSSR count). The summed E-state index contributed by atoms with van der Waals surface area (Å²) in [5.74, 6) is 0.245. The van der Waals surface area contributed by atoms with Crippen LogP contribution in [-0.4, -0.2) is 42.3 Å². The molecule has 0 aliphatic carbocycles. The van der Waals surface area contributed by atoms with Gasteiger partial charge in [-0.05, 0) is 31.9 Å². The molecule has 0 N–H and O–H groups in total. The van der Waals surface area contributed by atoms with E-state index < -0.39 is 20.0 Å². The number of hydrogen-bond donors (Lipinski definition) is 0. The van der Waals surface area contributed by atoms with Crippen molar-refractivity contribution in [3.63, 3.8) is 0 Å². The molecule has 8 heteroatoms. The largest absolute Gasteiger partial charge is 0.497 e. The highest BCUT2D eigenvalue weighted by Gasteiger charge is 2.55. The molecule has 0 aliphatic heterocycles.